The summed E-state index contributed by atoms with van der Waals surface area (Å²) in [6, 6.07) is 17.5. The van der Waals surface area contributed by atoms with E-state index >= 15 is 0 Å². The molecule has 0 fully saturated rings. The highest BCUT2D eigenvalue weighted by Crippen LogP contribution is 2.23. The first-order valence-corrected chi connectivity index (χ1v) is 9.15. The highest BCUT2D eigenvalue weighted by atomic mass is 16.1. The second kappa shape index (κ2) is 8.48. The van der Waals surface area contributed by atoms with Crippen molar-refractivity contribution < 1.29 is 0 Å². The summed E-state index contributed by atoms with van der Waals surface area (Å²) in [7, 11) is 3.56. The molecular formula is C23H24N4O. The maximum absolute atomic E-state index is 13.4. The first-order chi connectivity index (χ1) is 13.6. The van der Waals surface area contributed by atoms with Crippen LogP contribution in [0.3, 0.4) is 0 Å². The van der Waals surface area contributed by atoms with E-state index in [4.69, 9.17) is 0 Å². The van der Waals surface area contributed by atoms with Crippen LogP contribution in [0.2, 0.25) is 0 Å². The van der Waals surface area contributed by atoms with Gasteiger partial charge in [-0.1, -0.05) is 30.3 Å². The fourth-order valence-electron chi connectivity index (χ4n) is 3.16. The summed E-state index contributed by atoms with van der Waals surface area (Å²) in [6.07, 6.45) is 3.50. The molecule has 3 aromatic rings. The number of hydrogen-bond acceptors (Lipinski definition) is 3. The van der Waals surface area contributed by atoms with E-state index in [0.29, 0.717) is 11.4 Å². The van der Waals surface area contributed by atoms with Crippen LogP contribution in [0.4, 0.5) is 5.69 Å². The van der Waals surface area contributed by atoms with Crippen molar-refractivity contribution in [2.75, 3.05) is 19.4 Å². The van der Waals surface area contributed by atoms with Crippen LogP contribution in [0.15, 0.2) is 75.6 Å². The van der Waals surface area contributed by atoms with Crippen LogP contribution in [0, 0.1) is 6.92 Å². The number of benzene rings is 2. The van der Waals surface area contributed by atoms with Gasteiger partial charge in [-0.2, -0.15) is 0 Å². The van der Waals surface area contributed by atoms with E-state index in [9.17, 15) is 4.79 Å². The standard InChI is InChI=1S/C23H24N4O/c1-5-26-22(25-4)17-13-21(20-12-7-6-9-16(20)2)23(28)27(15-17)19-11-8-10-18(14-19)24-3/h5-15,24H,1-4H3. The van der Waals surface area contributed by atoms with Gasteiger partial charge in [0.15, 0.2) is 5.84 Å². The average molecular weight is 372 g/mol. The summed E-state index contributed by atoms with van der Waals surface area (Å²) in [4.78, 5) is 22.1. The Kier molecular flexibility index (Phi) is 5.84. The molecule has 0 aliphatic heterocycles. The Morgan fingerprint density at radius 3 is 2.54 bits per heavy atom. The lowest BCUT2D eigenvalue weighted by Crippen LogP contribution is -2.22. The molecule has 28 heavy (non-hydrogen) atoms. The van der Waals surface area contributed by atoms with Crippen molar-refractivity contribution in [3.8, 4) is 16.8 Å². The molecule has 5 nitrogen and oxygen atoms in total. The second-order valence-corrected chi connectivity index (χ2v) is 6.37. The van der Waals surface area contributed by atoms with E-state index in [1.54, 1.807) is 24.0 Å². The van der Waals surface area contributed by atoms with Crippen molar-refractivity contribution in [2.45, 2.75) is 13.8 Å². The molecule has 0 amide bonds. The molecule has 0 saturated heterocycles. The van der Waals surface area contributed by atoms with Gasteiger partial charge < -0.3 is 5.32 Å². The summed E-state index contributed by atoms with van der Waals surface area (Å²) in [5.74, 6) is 0.579. The largest absolute Gasteiger partial charge is 0.388 e. The zero-order valence-corrected chi connectivity index (χ0v) is 16.6. The molecule has 2 aromatic carbocycles. The molecule has 5 heteroatoms. The second-order valence-electron chi connectivity index (χ2n) is 6.37. The number of nitrogens with zero attached hydrogens (tertiary/aromatic N) is 3. The van der Waals surface area contributed by atoms with Crippen LogP contribution in [0.5, 0.6) is 0 Å². The summed E-state index contributed by atoms with van der Waals surface area (Å²) in [6.45, 7) is 3.85. The first-order valence-electron chi connectivity index (χ1n) is 9.15. The molecule has 0 bridgehead atoms. The Morgan fingerprint density at radius 1 is 1.07 bits per heavy atom. The fourth-order valence-corrected chi connectivity index (χ4v) is 3.16. The number of anilines is 1. The zero-order chi connectivity index (χ0) is 20.1. The van der Waals surface area contributed by atoms with Gasteiger partial charge in [0, 0.05) is 43.3 Å². The molecule has 1 N–H and O–H groups in total. The van der Waals surface area contributed by atoms with Crippen LogP contribution in [-0.4, -0.2) is 30.7 Å². The van der Waals surface area contributed by atoms with Gasteiger partial charge in [0.2, 0.25) is 0 Å². The van der Waals surface area contributed by atoms with Crippen molar-refractivity contribution in [3.05, 3.63) is 82.3 Å². The molecule has 0 radical (unpaired) electrons. The lowest BCUT2D eigenvalue weighted by Gasteiger charge is -2.14. The normalized spacial score (nSPS) is 11.8. The van der Waals surface area contributed by atoms with E-state index in [-0.39, 0.29) is 5.56 Å². The number of nitrogens with one attached hydrogen (secondary N) is 1. The molecule has 0 atom stereocenters. The Bertz CT molecular complexity index is 1110. The Labute approximate surface area is 165 Å². The van der Waals surface area contributed by atoms with Crippen molar-refractivity contribution in [3.63, 3.8) is 0 Å². The van der Waals surface area contributed by atoms with Crippen molar-refractivity contribution >= 4 is 17.7 Å². The monoisotopic (exact) mass is 372 g/mol. The molecule has 1 aromatic heterocycles. The Morgan fingerprint density at radius 2 is 1.86 bits per heavy atom. The summed E-state index contributed by atoms with van der Waals surface area (Å²) < 4.78 is 1.66. The van der Waals surface area contributed by atoms with Gasteiger partial charge in [0.1, 0.15) is 0 Å². The van der Waals surface area contributed by atoms with E-state index < -0.39 is 0 Å². The maximum atomic E-state index is 13.4. The van der Waals surface area contributed by atoms with Crippen LogP contribution in [-0.2, 0) is 0 Å². The minimum Gasteiger partial charge on any atom is -0.388 e. The summed E-state index contributed by atoms with van der Waals surface area (Å²) in [5, 5.41) is 3.12. The first kappa shape index (κ1) is 19.3. The lowest BCUT2D eigenvalue weighted by molar-refractivity contribution is 0.988. The number of hydrogen-bond donors (Lipinski definition) is 1. The number of pyridine rings is 1. The van der Waals surface area contributed by atoms with E-state index in [1.165, 1.54) is 0 Å². The smallest absolute Gasteiger partial charge is 0.263 e. The minimum atomic E-state index is -0.0813. The fraction of sp³-hybridized carbons (Fsp3) is 0.174. The molecule has 0 spiro atoms. The van der Waals surface area contributed by atoms with Crippen molar-refractivity contribution in [1.29, 1.82) is 0 Å². The van der Waals surface area contributed by atoms with Crippen molar-refractivity contribution in [2.24, 2.45) is 9.98 Å². The third-order valence-corrected chi connectivity index (χ3v) is 4.59. The van der Waals surface area contributed by atoms with Gasteiger partial charge >= 0.3 is 0 Å². The highest BCUT2D eigenvalue weighted by Gasteiger charge is 2.14. The number of aliphatic imine (C=N–C) groups is 2. The SMILES string of the molecule is CC=NC(=NC)c1cc(-c2ccccc2C)c(=O)n(-c2cccc(NC)c2)c1. The lowest BCUT2D eigenvalue weighted by atomic mass is 10.00. The molecule has 0 aliphatic rings. The zero-order valence-electron chi connectivity index (χ0n) is 16.6. The third-order valence-electron chi connectivity index (χ3n) is 4.59. The predicted octanol–water partition coefficient (Wildman–Crippen LogP) is 4.32. The van der Waals surface area contributed by atoms with E-state index in [0.717, 1.165) is 28.1 Å². The molecule has 142 valence electrons. The van der Waals surface area contributed by atoms with Crippen LogP contribution in [0.25, 0.3) is 16.8 Å². The number of aromatic nitrogens is 1. The molecule has 0 unspecified atom stereocenters. The minimum absolute atomic E-state index is 0.0813. The van der Waals surface area contributed by atoms with Crippen LogP contribution in [0.1, 0.15) is 18.1 Å². The molecule has 1 heterocycles. The topological polar surface area (TPSA) is 58.8 Å². The molecule has 0 saturated carbocycles. The van der Waals surface area contributed by atoms with Crippen molar-refractivity contribution in [1.82, 2.24) is 4.57 Å². The molecular weight excluding hydrogens is 348 g/mol. The highest BCUT2D eigenvalue weighted by molar-refractivity contribution is 6.03. The predicted molar refractivity (Wildman–Crippen MR) is 118 cm³/mol. The van der Waals surface area contributed by atoms with E-state index in [2.05, 4.69) is 15.3 Å². The number of aryl methyl sites for hydroxylation is 1. The number of amidine groups is 1. The molecule has 3 rings (SSSR count). The third kappa shape index (κ3) is 3.78. The van der Waals surface area contributed by atoms with Crippen LogP contribution >= 0.6 is 0 Å². The Balaban J connectivity index is 2.34. The molecule has 0 aliphatic carbocycles. The quantitative estimate of drug-likeness (QED) is 0.548. The van der Waals surface area contributed by atoms with E-state index in [1.807, 2.05) is 75.5 Å². The summed E-state index contributed by atoms with van der Waals surface area (Å²) in [5.41, 5.74) is 4.99. The average Bonchev–Trinajstić information content (AvgIpc) is 2.73. The van der Waals surface area contributed by atoms with Gasteiger partial charge in [0.25, 0.3) is 5.56 Å². The summed E-state index contributed by atoms with van der Waals surface area (Å²) >= 11 is 0. The van der Waals surface area contributed by atoms with Crippen LogP contribution < -0.4 is 10.9 Å². The Hall–Kier alpha value is -3.47. The van der Waals surface area contributed by atoms with Gasteiger partial charge in [-0.15, -0.1) is 0 Å². The van der Waals surface area contributed by atoms with Gasteiger partial charge in [0.05, 0.1) is 5.69 Å². The van der Waals surface area contributed by atoms with Gasteiger partial charge in [-0.3, -0.25) is 14.4 Å². The number of rotatable bonds is 4. The van der Waals surface area contributed by atoms with Gasteiger partial charge in [-0.05, 0) is 49.2 Å². The van der Waals surface area contributed by atoms with Gasteiger partial charge in [-0.25, -0.2) is 4.99 Å². The maximum Gasteiger partial charge on any atom is 0.263 e.